The van der Waals surface area contributed by atoms with Crippen molar-refractivity contribution in [2.75, 3.05) is 7.11 Å². The monoisotopic (exact) mass is 296 g/mol. The highest BCUT2D eigenvalue weighted by atomic mass is 16.5. The SMILES string of the molecule is COc1ccc(C(=O)C=Cc2ccccc2OC(C)C)cc1. The molecule has 0 fully saturated rings. The summed E-state index contributed by atoms with van der Waals surface area (Å²) in [6.45, 7) is 3.95. The van der Waals surface area contributed by atoms with Gasteiger partial charge in [0.2, 0.25) is 0 Å². The molecule has 0 spiro atoms. The Labute approximate surface area is 131 Å². The van der Waals surface area contributed by atoms with Crippen LogP contribution in [0.4, 0.5) is 0 Å². The summed E-state index contributed by atoms with van der Waals surface area (Å²) in [6, 6.07) is 14.7. The number of para-hydroxylation sites is 1. The van der Waals surface area contributed by atoms with Gasteiger partial charge in [0.05, 0.1) is 13.2 Å². The molecule has 2 aromatic carbocycles. The van der Waals surface area contributed by atoms with Crippen molar-refractivity contribution in [1.29, 1.82) is 0 Å². The minimum Gasteiger partial charge on any atom is -0.497 e. The van der Waals surface area contributed by atoms with E-state index in [1.165, 1.54) is 0 Å². The third-order valence-corrected chi connectivity index (χ3v) is 3.07. The van der Waals surface area contributed by atoms with Gasteiger partial charge in [-0.05, 0) is 56.3 Å². The lowest BCUT2D eigenvalue weighted by molar-refractivity contribution is 0.104. The van der Waals surface area contributed by atoms with Crippen molar-refractivity contribution >= 4 is 11.9 Å². The normalized spacial score (nSPS) is 10.9. The van der Waals surface area contributed by atoms with Gasteiger partial charge in [0, 0.05) is 11.1 Å². The van der Waals surface area contributed by atoms with Crippen LogP contribution in [0.3, 0.4) is 0 Å². The zero-order chi connectivity index (χ0) is 15.9. The molecule has 2 aromatic rings. The van der Waals surface area contributed by atoms with E-state index in [1.807, 2.05) is 38.1 Å². The number of hydrogen-bond acceptors (Lipinski definition) is 3. The molecule has 0 aliphatic heterocycles. The number of allylic oxidation sites excluding steroid dienone is 1. The fourth-order valence-corrected chi connectivity index (χ4v) is 2.00. The average molecular weight is 296 g/mol. The molecule has 22 heavy (non-hydrogen) atoms. The van der Waals surface area contributed by atoms with Gasteiger partial charge >= 0.3 is 0 Å². The van der Waals surface area contributed by atoms with Gasteiger partial charge in [-0.15, -0.1) is 0 Å². The Morgan fingerprint density at radius 1 is 1.05 bits per heavy atom. The maximum Gasteiger partial charge on any atom is 0.185 e. The summed E-state index contributed by atoms with van der Waals surface area (Å²) in [5, 5.41) is 0. The van der Waals surface area contributed by atoms with Crippen LogP contribution in [0.2, 0.25) is 0 Å². The Hall–Kier alpha value is -2.55. The van der Waals surface area contributed by atoms with Crippen molar-refractivity contribution in [2.24, 2.45) is 0 Å². The van der Waals surface area contributed by atoms with Crippen LogP contribution in [0.25, 0.3) is 6.08 Å². The molecule has 0 saturated carbocycles. The first-order valence-corrected chi connectivity index (χ1v) is 7.22. The topological polar surface area (TPSA) is 35.5 Å². The lowest BCUT2D eigenvalue weighted by Gasteiger charge is -2.11. The van der Waals surface area contributed by atoms with Crippen LogP contribution < -0.4 is 9.47 Å². The predicted molar refractivity (Wildman–Crippen MR) is 88.6 cm³/mol. The Balaban J connectivity index is 2.15. The van der Waals surface area contributed by atoms with Gasteiger partial charge in [-0.1, -0.05) is 18.2 Å². The van der Waals surface area contributed by atoms with Crippen LogP contribution >= 0.6 is 0 Å². The third kappa shape index (κ3) is 4.22. The van der Waals surface area contributed by atoms with Crippen LogP contribution in [0.5, 0.6) is 11.5 Å². The summed E-state index contributed by atoms with van der Waals surface area (Å²) in [6.07, 6.45) is 3.43. The molecule has 0 aliphatic rings. The number of rotatable bonds is 6. The van der Waals surface area contributed by atoms with Crippen LogP contribution in [-0.4, -0.2) is 19.0 Å². The van der Waals surface area contributed by atoms with Crippen molar-refractivity contribution in [3.05, 3.63) is 65.7 Å². The Morgan fingerprint density at radius 2 is 1.73 bits per heavy atom. The number of methoxy groups -OCH3 is 1. The smallest absolute Gasteiger partial charge is 0.185 e. The minimum atomic E-state index is -0.0537. The molecule has 0 atom stereocenters. The van der Waals surface area contributed by atoms with Gasteiger partial charge in [-0.2, -0.15) is 0 Å². The van der Waals surface area contributed by atoms with Crippen molar-refractivity contribution in [2.45, 2.75) is 20.0 Å². The molecule has 0 aliphatic carbocycles. The molecule has 0 radical (unpaired) electrons. The van der Waals surface area contributed by atoms with Gasteiger partial charge < -0.3 is 9.47 Å². The summed E-state index contributed by atoms with van der Waals surface area (Å²) in [5.41, 5.74) is 1.51. The quantitative estimate of drug-likeness (QED) is 0.586. The summed E-state index contributed by atoms with van der Waals surface area (Å²) in [5.74, 6) is 1.45. The van der Waals surface area contributed by atoms with E-state index in [0.717, 1.165) is 17.1 Å². The second kappa shape index (κ2) is 7.46. The van der Waals surface area contributed by atoms with E-state index in [4.69, 9.17) is 9.47 Å². The Kier molecular flexibility index (Phi) is 5.37. The second-order valence-corrected chi connectivity index (χ2v) is 5.13. The highest BCUT2D eigenvalue weighted by molar-refractivity contribution is 6.07. The predicted octanol–water partition coefficient (Wildman–Crippen LogP) is 4.38. The molecule has 0 bridgehead atoms. The minimum absolute atomic E-state index is 0.0537. The van der Waals surface area contributed by atoms with E-state index >= 15 is 0 Å². The third-order valence-electron chi connectivity index (χ3n) is 3.07. The zero-order valence-electron chi connectivity index (χ0n) is 13.1. The largest absolute Gasteiger partial charge is 0.497 e. The molecule has 0 aromatic heterocycles. The summed E-state index contributed by atoms with van der Waals surface area (Å²) >= 11 is 0. The zero-order valence-corrected chi connectivity index (χ0v) is 13.1. The fourth-order valence-electron chi connectivity index (χ4n) is 2.00. The number of carbonyl (C=O) groups excluding carboxylic acids is 1. The van der Waals surface area contributed by atoms with Crippen molar-refractivity contribution < 1.29 is 14.3 Å². The number of ether oxygens (including phenoxy) is 2. The molecule has 3 nitrogen and oxygen atoms in total. The number of carbonyl (C=O) groups is 1. The van der Waals surface area contributed by atoms with E-state index in [1.54, 1.807) is 43.5 Å². The molecule has 0 saturated heterocycles. The lowest BCUT2D eigenvalue weighted by Crippen LogP contribution is -2.06. The second-order valence-electron chi connectivity index (χ2n) is 5.13. The number of ketones is 1. The van der Waals surface area contributed by atoms with Gasteiger partial charge in [0.1, 0.15) is 11.5 Å². The molecule has 2 rings (SSSR count). The molecule has 0 amide bonds. The van der Waals surface area contributed by atoms with Crippen LogP contribution in [0.15, 0.2) is 54.6 Å². The first-order chi connectivity index (χ1) is 10.6. The highest BCUT2D eigenvalue weighted by Crippen LogP contribution is 2.21. The maximum atomic E-state index is 12.2. The summed E-state index contributed by atoms with van der Waals surface area (Å²) in [4.78, 5) is 12.2. The molecular weight excluding hydrogens is 276 g/mol. The Morgan fingerprint density at radius 3 is 2.36 bits per heavy atom. The summed E-state index contributed by atoms with van der Waals surface area (Å²) < 4.78 is 10.8. The molecule has 0 heterocycles. The van der Waals surface area contributed by atoms with Gasteiger partial charge in [-0.25, -0.2) is 0 Å². The summed E-state index contributed by atoms with van der Waals surface area (Å²) in [7, 11) is 1.60. The van der Waals surface area contributed by atoms with Crippen molar-refractivity contribution in [3.63, 3.8) is 0 Å². The Bertz CT molecular complexity index is 655. The fraction of sp³-hybridized carbons (Fsp3) is 0.211. The van der Waals surface area contributed by atoms with Crippen LogP contribution in [0, 0.1) is 0 Å². The standard InChI is InChI=1S/C19H20O3/c1-14(2)22-19-7-5-4-6-16(19)10-13-18(20)15-8-11-17(21-3)12-9-15/h4-14H,1-3H3. The van der Waals surface area contributed by atoms with E-state index in [9.17, 15) is 4.79 Å². The van der Waals surface area contributed by atoms with E-state index in [-0.39, 0.29) is 11.9 Å². The first-order valence-electron chi connectivity index (χ1n) is 7.22. The van der Waals surface area contributed by atoms with Crippen LogP contribution in [-0.2, 0) is 0 Å². The van der Waals surface area contributed by atoms with Crippen LogP contribution in [0.1, 0.15) is 29.8 Å². The molecule has 114 valence electrons. The van der Waals surface area contributed by atoms with E-state index in [0.29, 0.717) is 5.56 Å². The lowest BCUT2D eigenvalue weighted by atomic mass is 10.1. The van der Waals surface area contributed by atoms with Gasteiger partial charge in [-0.3, -0.25) is 4.79 Å². The number of hydrogen-bond donors (Lipinski definition) is 0. The molecule has 3 heteroatoms. The van der Waals surface area contributed by atoms with Gasteiger partial charge in [0.15, 0.2) is 5.78 Å². The molecular formula is C19H20O3. The maximum absolute atomic E-state index is 12.2. The molecule has 0 N–H and O–H groups in total. The first kappa shape index (κ1) is 15.8. The van der Waals surface area contributed by atoms with Crippen molar-refractivity contribution in [3.8, 4) is 11.5 Å². The average Bonchev–Trinajstić information content (AvgIpc) is 2.53. The van der Waals surface area contributed by atoms with Gasteiger partial charge in [0.25, 0.3) is 0 Å². The van der Waals surface area contributed by atoms with E-state index < -0.39 is 0 Å². The van der Waals surface area contributed by atoms with Crippen molar-refractivity contribution in [1.82, 2.24) is 0 Å². The highest BCUT2D eigenvalue weighted by Gasteiger charge is 2.05. The number of benzene rings is 2. The molecule has 0 unspecified atom stereocenters. The van der Waals surface area contributed by atoms with E-state index in [2.05, 4.69) is 0 Å².